The number of benzene rings is 1. The first-order chi connectivity index (χ1) is 14.9. The van der Waals surface area contributed by atoms with Gasteiger partial charge in [-0.15, -0.1) is 0 Å². The summed E-state index contributed by atoms with van der Waals surface area (Å²) in [6.07, 6.45) is 4.70. The fourth-order valence-electron chi connectivity index (χ4n) is 4.60. The third-order valence-electron chi connectivity index (χ3n) is 6.01. The van der Waals surface area contributed by atoms with Crippen LogP contribution in [0.25, 0.3) is 22.1 Å². The van der Waals surface area contributed by atoms with Gasteiger partial charge in [-0.2, -0.15) is 5.26 Å². The normalized spacial score (nSPS) is 20.3. The number of pyridine rings is 1. The molecule has 1 aromatic carbocycles. The van der Waals surface area contributed by atoms with Crippen molar-refractivity contribution in [1.29, 1.82) is 5.26 Å². The number of hydrogen-bond donors (Lipinski definition) is 1. The number of fused-ring (bicyclic) bond motifs is 3. The Kier molecular flexibility index (Phi) is 4.57. The molecule has 0 unspecified atom stereocenters. The molecule has 0 aliphatic heterocycles. The predicted molar refractivity (Wildman–Crippen MR) is 115 cm³/mol. The Balaban J connectivity index is 1.79. The van der Waals surface area contributed by atoms with E-state index in [2.05, 4.69) is 16.0 Å². The van der Waals surface area contributed by atoms with Gasteiger partial charge in [0.2, 0.25) is 0 Å². The third kappa shape index (κ3) is 2.94. The lowest BCUT2D eigenvalue weighted by atomic mass is 10.0. The van der Waals surface area contributed by atoms with Crippen LogP contribution in [0.5, 0.6) is 0 Å². The maximum Gasteiger partial charge on any atom is 0.269 e. The van der Waals surface area contributed by atoms with E-state index in [4.69, 9.17) is 0 Å². The molecule has 0 radical (unpaired) electrons. The largest absolute Gasteiger partial charge is 0.385 e. The molecule has 4 aromatic rings. The highest BCUT2D eigenvalue weighted by molar-refractivity contribution is 7.90. The van der Waals surface area contributed by atoms with E-state index < -0.39 is 16.1 Å². The summed E-state index contributed by atoms with van der Waals surface area (Å²) in [5.74, 6) is 0.281. The van der Waals surface area contributed by atoms with Crippen molar-refractivity contribution in [3.05, 3.63) is 54.6 Å². The molecule has 8 nitrogen and oxygen atoms in total. The van der Waals surface area contributed by atoms with Crippen LogP contribution >= 0.6 is 0 Å². The summed E-state index contributed by atoms with van der Waals surface area (Å²) in [7, 11) is -3.82. The highest BCUT2D eigenvalue weighted by Gasteiger charge is 2.33. The SMILES string of the molecule is C[C@@H](O)c1nc2cnc3c(ccn3S(=O)(=O)c3ccccc3)c2n1[C@H]1CCC[C@@H]1C#N. The van der Waals surface area contributed by atoms with Crippen LogP contribution in [0.15, 0.2) is 53.7 Å². The standard InChI is InChI=1S/C22H21N5O3S/c1-14(28)21-25-18-13-24-22-17(20(18)27(21)19-9-5-6-15(19)12-23)10-11-26(22)31(29,30)16-7-3-2-4-8-16/h2-4,7-8,10-11,13-15,19,28H,5-6,9H2,1H3/t14-,15-,19+/m1/s1. The van der Waals surface area contributed by atoms with Crippen LogP contribution in [0.3, 0.4) is 0 Å². The number of nitriles is 1. The fourth-order valence-corrected chi connectivity index (χ4v) is 5.92. The molecule has 3 heterocycles. The van der Waals surface area contributed by atoms with Gasteiger partial charge in [0.05, 0.1) is 34.6 Å². The molecule has 5 rings (SSSR count). The van der Waals surface area contributed by atoms with Crippen LogP contribution in [0.4, 0.5) is 0 Å². The molecule has 9 heteroatoms. The van der Waals surface area contributed by atoms with Gasteiger partial charge in [0.25, 0.3) is 10.0 Å². The lowest BCUT2D eigenvalue weighted by molar-refractivity contribution is 0.180. The molecule has 1 aliphatic rings. The van der Waals surface area contributed by atoms with Gasteiger partial charge in [0, 0.05) is 11.6 Å². The molecular weight excluding hydrogens is 414 g/mol. The second-order valence-corrected chi connectivity index (χ2v) is 9.72. The summed E-state index contributed by atoms with van der Waals surface area (Å²) in [5, 5.41) is 20.7. The minimum atomic E-state index is -3.82. The zero-order valence-electron chi connectivity index (χ0n) is 16.9. The molecule has 158 valence electrons. The average molecular weight is 436 g/mol. The Morgan fingerprint density at radius 3 is 2.71 bits per heavy atom. The van der Waals surface area contributed by atoms with E-state index in [0.717, 1.165) is 19.3 Å². The first-order valence-corrected chi connectivity index (χ1v) is 11.6. The summed E-state index contributed by atoms with van der Waals surface area (Å²) in [6, 6.07) is 12.2. The van der Waals surface area contributed by atoms with E-state index in [-0.39, 0.29) is 16.9 Å². The van der Waals surface area contributed by atoms with Crippen molar-refractivity contribution in [2.45, 2.75) is 43.2 Å². The Morgan fingerprint density at radius 1 is 1.23 bits per heavy atom. The van der Waals surface area contributed by atoms with Crippen molar-refractivity contribution in [2.75, 3.05) is 0 Å². The Bertz CT molecular complexity index is 1430. The van der Waals surface area contributed by atoms with Gasteiger partial charge < -0.3 is 9.67 Å². The second-order valence-electron chi connectivity index (χ2n) is 7.91. The van der Waals surface area contributed by atoms with Crippen molar-refractivity contribution >= 4 is 32.1 Å². The summed E-state index contributed by atoms with van der Waals surface area (Å²) in [4.78, 5) is 9.16. The molecule has 0 amide bonds. The molecule has 0 saturated heterocycles. The number of nitrogens with zero attached hydrogens (tertiary/aromatic N) is 5. The van der Waals surface area contributed by atoms with Crippen molar-refractivity contribution in [3.8, 4) is 6.07 Å². The number of aromatic nitrogens is 4. The lowest BCUT2D eigenvalue weighted by Gasteiger charge is -2.21. The number of hydrogen-bond acceptors (Lipinski definition) is 6. The van der Waals surface area contributed by atoms with Gasteiger partial charge in [-0.05, 0) is 44.4 Å². The highest BCUT2D eigenvalue weighted by atomic mass is 32.2. The Hall–Kier alpha value is -3.22. The quantitative estimate of drug-likeness (QED) is 0.524. The number of aliphatic hydroxyl groups is 1. The zero-order valence-corrected chi connectivity index (χ0v) is 17.7. The summed E-state index contributed by atoms with van der Waals surface area (Å²) >= 11 is 0. The lowest BCUT2D eigenvalue weighted by Crippen LogP contribution is -2.17. The smallest absolute Gasteiger partial charge is 0.269 e. The summed E-state index contributed by atoms with van der Waals surface area (Å²) < 4.78 is 29.5. The average Bonchev–Trinajstić information content (AvgIpc) is 3.49. The first-order valence-electron chi connectivity index (χ1n) is 10.2. The third-order valence-corrected chi connectivity index (χ3v) is 7.69. The maximum atomic E-state index is 13.2. The van der Waals surface area contributed by atoms with Crippen molar-refractivity contribution in [3.63, 3.8) is 0 Å². The Morgan fingerprint density at radius 2 is 2.00 bits per heavy atom. The van der Waals surface area contributed by atoms with E-state index in [1.807, 2.05) is 4.57 Å². The molecular formula is C22H21N5O3S. The van der Waals surface area contributed by atoms with Crippen LogP contribution < -0.4 is 0 Å². The number of aliphatic hydroxyl groups excluding tert-OH is 1. The molecule has 1 aliphatic carbocycles. The minimum absolute atomic E-state index is 0.126. The van der Waals surface area contributed by atoms with Crippen LogP contribution in [0, 0.1) is 17.2 Å². The van der Waals surface area contributed by atoms with E-state index >= 15 is 0 Å². The van der Waals surface area contributed by atoms with Gasteiger partial charge in [-0.25, -0.2) is 22.4 Å². The van der Waals surface area contributed by atoms with Crippen LogP contribution in [0.1, 0.15) is 44.2 Å². The molecule has 1 saturated carbocycles. The van der Waals surface area contributed by atoms with Gasteiger partial charge in [-0.1, -0.05) is 18.2 Å². The van der Waals surface area contributed by atoms with Gasteiger partial charge >= 0.3 is 0 Å². The number of imidazole rings is 1. The second kappa shape index (κ2) is 7.18. The van der Waals surface area contributed by atoms with E-state index in [1.54, 1.807) is 43.3 Å². The molecule has 3 aromatic heterocycles. The Labute approximate surface area is 179 Å². The molecule has 0 bridgehead atoms. The minimum Gasteiger partial charge on any atom is -0.385 e. The van der Waals surface area contributed by atoms with Gasteiger partial charge in [-0.3, -0.25) is 0 Å². The summed E-state index contributed by atoms with van der Waals surface area (Å²) in [5.41, 5.74) is 1.57. The van der Waals surface area contributed by atoms with Crippen LogP contribution in [-0.4, -0.2) is 32.0 Å². The summed E-state index contributed by atoms with van der Waals surface area (Å²) in [6.45, 7) is 1.64. The van der Waals surface area contributed by atoms with Gasteiger partial charge in [0.15, 0.2) is 5.65 Å². The number of rotatable bonds is 4. The van der Waals surface area contributed by atoms with E-state index in [9.17, 15) is 18.8 Å². The monoisotopic (exact) mass is 435 g/mol. The van der Waals surface area contributed by atoms with Crippen LogP contribution in [-0.2, 0) is 10.0 Å². The zero-order chi connectivity index (χ0) is 21.8. The molecule has 31 heavy (non-hydrogen) atoms. The highest BCUT2D eigenvalue weighted by Crippen LogP contribution is 2.41. The van der Waals surface area contributed by atoms with Crippen molar-refractivity contribution in [2.24, 2.45) is 5.92 Å². The molecule has 3 atom stereocenters. The van der Waals surface area contributed by atoms with Crippen molar-refractivity contribution < 1.29 is 13.5 Å². The van der Waals surface area contributed by atoms with Gasteiger partial charge in [0.1, 0.15) is 17.4 Å². The van der Waals surface area contributed by atoms with E-state index in [1.165, 1.54) is 16.4 Å². The topological polar surface area (TPSA) is 114 Å². The molecule has 1 N–H and O–H groups in total. The predicted octanol–water partition coefficient (Wildman–Crippen LogP) is 3.54. The molecule has 0 spiro atoms. The van der Waals surface area contributed by atoms with Crippen LogP contribution in [0.2, 0.25) is 0 Å². The maximum absolute atomic E-state index is 13.2. The van der Waals surface area contributed by atoms with E-state index in [0.29, 0.717) is 27.9 Å². The first kappa shape index (κ1) is 19.7. The fraction of sp³-hybridized carbons (Fsp3) is 0.318. The van der Waals surface area contributed by atoms with Crippen molar-refractivity contribution in [1.82, 2.24) is 18.5 Å². The molecule has 1 fully saturated rings.